The molecular formula is C23H23N5O2S2. The molecule has 0 aliphatic heterocycles. The summed E-state index contributed by atoms with van der Waals surface area (Å²) in [6.07, 6.45) is 3.71. The van der Waals surface area contributed by atoms with Crippen molar-refractivity contribution in [1.29, 1.82) is 0 Å². The van der Waals surface area contributed by atoms with Crippen molar-refractivity contribution in [3.8, 4) is 5.75 Å². The average Bonchev–Trinajstić information content (AvgIpc) is 3.37. The molecule has 2 aromatic heterocycles. The molecule has 0 unspecified atom stereocenters. The SMILES string of the molecule is Cc1nnc(SCC(=O)NN=Cc2cn(CCOc3ccccc3C)c3ccccc23)s1. The van der Waals surface area contributed by atoms with Crippen molar-refractivity contribution in [3.05, 3.63) is 70.9 Å². The number of carbonyl (C=O) groups excluding carboxylic acids is 1. The molecule has 0 atom stereocenters. The summed E-state index contributed by atoms with van der Waals surface area (Å²) < 4.78 is 8.87. The average molecular weight is 466 g/mol. The van der Waals surface area contributed by atoms with Gasteiger partial charge in [0.2, 0.25) is 0 Å². The first-order valence-electron chi connectivity index (χ1n) is 10.1. The molecule has 32 heavy (non-hydrogen) atoms. The summed E-state index contributed by atoms with van der Waals surface area (Å²) in [7, 11) is 0. The van der Waals surface area contributed by atoms with Crippen LogP contribution in [0.1, 0.15) is 16.1 Å². The number of hydrazone groups is 1. The summed E-state index contributed by atoms with van der Waals surface area (Å²) in [4.78, 5) is 12.1. The molecule has 7 nitrogen and oxygen atoms in total. The quantitative estimate of drug-likeness (QED) is 0.225. The number of benzene rings is 2. The van der Waals surface area contributed by atoms with Gasteiger partial charge in [-0.25, -0.2) is 5.43 Å². The fourth-order valence-electron chi connectivity index (χ4n) is 3.21. The van der Waals surface area contributed by atoms with Crippen LogP contribution in [0.5, 0.6) is 5.75 Å². The van der Waals surface area contributed by atoms with E-state index < -0.39 is 0 Å². The largest absolute Gasteiger partial charge is 0.491 e. The molecule has 0 aliphatic rings. The van der Waals surface area contributed by atoms with Crippen LogP contribution in [0.4, 0.5) is 0 Å². The van der Waals surface area contributed by atoms with E-state index in [9.17, 15) is 4.79 Å². The monoisotopic (exact) mass is 465 g/mol. The molecule has 0 spiro atoms. The first kappa shape index (κ1) is 22.0. The van der Waals surface area contributed by atoms with Crippen molar-refractivity contribution in [2.75, 3.05) is 12.4 Å². The van der Waals surface area contributed by atoms with E-state index in [-0.39, 0.29) is 11.7 Å². The summed E-state index contributed by atoms with van der Waals surface area (Å²) >= 11 is 2.82. The molecule has 1 amide bonds. The van der Waals surface area contributed by atoms with Gasteiger partial charge in [-0.2, -0.15) is 5.10 Å². The van der Waals surface area contributed by atoms with Crippen LogP contribution in [0.15, 0.2) is 64.2 Å². The van der Waals surface area contributed by atoms with Crippen molar-refractivity contribution < 1.29 is 9.53 Å². The predicted molar refractivity (Wildman–Crippen MR) is 130 cm³/mol. The van der Waals surface area contributed by atoms with Crippen LogP contribution in [-0.2, 0) is 11.3 Å². The molecule has 1 N–H and O–H groups in total. The highest BCUT2D eigenvalue weighted by Crippen LogP contribution is 2.22. The number of carbonyl (C=O) groups is 1. The number of nitrogens with one attached hydrogen (secondary N) is 1. The Balaban J connectivity index is 1.37. The second kappa shape index (κ2) is 10.4. The number of hydrogen-bond donors (Lipinski definition) is 1. The normalized spacial score (nSPS) is 11.3. The lowest BCUT2D eigenvalue weighted by atomic mass is 10.2. The Morgan fingerprint density at radius 1 is 1.19 bits per heavy atom. The number of fused-ring (bicyclic) bond motifs is 1. The smallest absolute Gasteiger partial charge is 0.250 e. The van der Waals surface area contributed by atoms with Gasteiger partial charge < -0.3 is 9.30 Å². The van der Waals surface area contributed by atoms with Crippen LogP contribution in [0.25, 0.3) is 10.9 Å². The predicted octanol–water partition coefficient (Wildman–Crippen LogP) is 4.43. The Morgan fingerprint density at radius 3 is 2.81 bits per heavy atom. The first-order chi connectivity index (χ1) is 15.6. The van der Waals surface area contributed by atoms with Gasteiger partial charge in [0.15, 0.2) is 4.34 Å². The molecule has 164 valence electrons. The van der Waals surface area contributed by atoms with Crippen molar-refractivity contribution in [2.24, 2.45) is 5.10 Å². The number of ether oxygens (including phenoxy) is 1. The first-order valence-corrected chi connectivity index (χ1v) is 11.9. The van der Waals surface area contributed by atoms with Crippen molar-refractivity contribution in [2.45, 2.75) is 24.7 Å². The molecular weight excluding hydrogens is 442 g/mol. The molecule has 9 heteroatoms. The maximum Gasteiger partial charge on any atom is 0.250 e. The maximum absolute atomic E-state index is 12.1. The minimum atomic E-state index is -0.186. The Labute approximate surface area is 194 Å². The number of thioether (sulfide) groups is 1. The zero-order valence-electron chi connectivity index (χ0n) is 17.8. The van der Waals surface area contributed by atoms with Gasteiger partial charge in [-0.05, 0) is 31.5 Å². The summed E-state index contributed by atoms with van der Waals surface area (Å²) in [5.41, 5.74) is 5.73. The summed E-state index contributed by atoms with van der Waals surface area (Å²) in [5.74, 6) is 0.953. The zero-order chi connectivity index (χ0) is 22.3. The van der Waals surface area contributed by atoms with E-state index in [1.165, 1.54) is 23.1 Å². The highest BCUT2D eigenvalue weighted by atomic mass is 32.2. The van der Waals surface area contributed by atoms with E-state index in [2.05, 4.69) is 31.4 Å². The van der Waals surface area contributed by atoms with Crippen LogP contribution < -0.4 is 10.2 Å². The van der Waals surface area contributed by atoms with Gasteiger partial charge in [-0.3, -0.25) is 4.79 Å². The Bertz CT molecular complexity index is 1250. The molecule has 2 aromatic carbocycles. The van der Waals surface area contributed by atoms with Crippen LogP contribution in [0.2, 0.25) is 0 Å². The molecule has 0 aliphatic carbocycles. The number of nitrogens with zero attached hydrogens (tertiary/aromatic N) is 4. The Morgan fingerprint density at radius 2 is 2.00 bits per heavy atom. The molecule has 0 radical (unpaired) electrons. The molecule has 4 rings (SSSR count). The van der Waals surface area contributed by atoms with E-state index in [1.807, 2.05) is 62.5 Å². The van der Waals surface area contributed by atoms with E-state index in [1.54, 1.807) is 6.21 Å². The second-order valence-electron chi connectivity index (χ2n) is 7.08. The van der Waals surface area contributed by atoms with Crippen LogP contribution in [0, 0.1) is 13.8 Å². The van der Waals surface area contributed by atoms with E-state index in [0.29, 0.717) is 13.2 Å². The lowest BCUT2D eigenvalue weighted by molar-refractivity contribution is -0.118. The third-order valence-corrected chi connectivity index (χ3v) is 6.70. The fourth-order valence-corrected chi connectivity index (χ4v) is 4.81. The topological polar surface area (TPSA) is 81.4 Å². The zero-order valence-corrected chi connectivity index (χ0v) is 19.4. The van der Waals surface area contributed by atoms with Crippen molar-refractivity contribution >= 4 is 46.1 Å². The summed E-state index contributed by atoms with van der Waals surface area (Å²) in [6, 6.07) is 16.1. The number of aromatic nitrogens is 3. The lowest BCUT2D eigenvalue weighted by Crippen LogP contribution is -2.19. The molecule has 0 saturated carbocycles. The summed E-state index contributed by atoms with van der Waals surface area (Å²) in [6.45, 7) is 5.18. The van der Waals surface area contributed by atoms with Gasteiger partial charge in [0.1, 0.15) is 17.4 Å². The number of amides is 1. The van der Waals surface area contributed by atoms with Crippen LogP contribution in [0.3, 0.4) is 0 Å². The van der Waals surface area contributed by atoms with E-state index in [4.69, 9.17) is 4.74 Å². The van der Waals surface area contributed by atoms with E-state index >= 15 is 0 Å². The second-order valence-corrected chi connectivity index (χ2v) is 9.48. The van der Waals surface area contributed by atoms with Gasteiger partial charge in [0.05, 0.1) is 18.5 Å². The van der Waals surface area contributed by atoms with Gasteiger partial charge in [0, 0.05) is 22.7 Å². The number of aryl methyl sites for hydroxylation is 2. The number of rotatable bonds is 9. The minimum absolute atomic E-state index is 0.186. The Hall–Kier alpha value is -3.17. The third kappa shape index (κ3) is 5.54. The molecule has 0 saturated heterocycles. The minimum Gasteiger partial charge on any atom is -0.491 e. The third-order valence-electron chi connectivity index (χ3n) is 4.73. The van der Waals surface area contributed by atoms with Gasteiger partial charge in [-0.15, -0.1) is 10.2 Å². The standard InChI is InChI=1S/C23H23N5O2S2/c1-16-7-3-6-10-21(16)30-12-11-28-14-18(19-8-4-5-9-20(19)28)13-24-26-22(29)15-31-23-27-25-17(2)32-23/h3-10,13-14H,11-12,15H2,1-2H3,(H,26,29). The number of hydrogen-bond acceptors (Lipinski definition) is 7. The fraction of sp³-hybridized carbons (Fsp3) is 0.217. The number of para-hydroxylation sites is 2. The van der Waals surface area contributed by atoms with E-state index in [0.717, 1.165) is 37.1 Å². The lowest BCUT2D eigenvalue weighted by Gasteiger charge is -2.10. The Kier molecular flexibility index (Phi) is 7.18. The van der Waals surface area contributed by atoms with Crippen molar-refractivity contribution in [1.82, 2.24) is 20.2 Å². The highest BCUT2D eigenvalue weighted by Gasteiger charge is 2.08. The van der Waals surface area contributed by atoms with Crippen LogP contribution in [-0.4, -0.2) is 39.2 Å². The highest BCUT2D eigenvalue weighted by molar-refractivity contribution is 8.01. The molecule has 4 aromatic rings. The molecule has 0 bridgehead atoms. The van der Waals surface area contributed by atoms with Gasteiger partial charge >= 0.3 is 0 Å². The maximum atomic E-state index is 12.1. The van der Waals surface area contributed by atoms with Crippen LogP contribution >= 0.6 is 23.1 Å². The van der Waals surface area contributed by atoms with Gasteiger partial charge in [-0.1, -0.05) is 59.5 Å². The summed E-state index contributed by atoms with van der Waals surface area (Å²) in [5, 5.41) is 14.0. The molecule has 0 fully saturated rings. The molecule has 2 heterocycles. The van der Waals surface area contributed by atoms with Crippen molar-refractivity contribution in [3.63, 3.8) is 0 Å². The van der Waals surface area contributed by atoms with Gasteiger partial charge in [0.25, 0.3) is 5.91 Å².